The number of amides is 2. The van der Waals surface area contributed by atoms with Crippen molar-refractivity contribution in [3.63, 3.8) is 0 Å². The van der Waals surface area contributed by atoms with Crippen LogP contribution in [-0.2, 0) is 9.53 Å². The summed E-state index contributed by atoms with van der Waals surface area (Å²) < 4.78 is 5.29. The fraction of sp³-hybridized carbons (Fsp3) is 0.263. The van der Waals surface area contributed by atoms with E-state index < -0.39 is 5.91 Å². The van der Waals surface area contributed by atoms with Gasteiger partial charge in [0, 0.05) is 24.8 Å². The number of anilines is 1. The fourth-order valence-corrected chi connectivity index (χ4v) is 3.16. The Kier molecular flexibility index (Phi) is 5.00. The molecule has 0 unspecified atom stereocenters. The standard InChI is InChI=1S/C19H20N6O3/c20-17(27)16-15(22-14(26)11-25-6-8-28-9-7-25)13-10-21-18(24-19(13)23-16)12-4-2-1-3-5-12/h1-5,10H,6-9,11H2,(H2,20,27)(H,22,26)(H,21,23,24). The van der Waals surface area contributed by atoms with Gasteiger partial charge in [0.2, 0.25) is 5.91 Å². The monoisotopic (exact) mass is 380 g/mol. The average Bonchev–Trinajstić information content (AvgIpc) is 3.07. The number of ether oxygens (including phenoxy) is 1. The Bertz CT molecular complexity index is 1010. The van der Waals surface area contributed by atoms with Crippen molar-refractivity contribution in [2.75, 3.05) is 38.2 Å². The first kappa shape index (κ1) is 18.1. The summed E-state index contributed by atoms with van der Waals surface area (Å²) in [6, 6.07) is 9.48. The highest BCUT2D eigenvalue weighted by Gasteiger charge is 2.21. The summed E-state index contributed by atoms with van der Waals surface area (Å²) in [7, 11) is 0. The molecule has 28 heavy (non-hydrogen) atoms. The molecule has 9 heteroatoms. The third kappa shape index (κ3) is 3.71. The van der Waals surface area contributed by atoms with Crippen LogP contribution in [0.2, 0.25) is 0 Å². The predicted octanol–water partition coefficient (Wildman–Crippen LogP) is 0.994. The number of carbonyl (C=O) groups excluding carboxylic acids is 2. The highest BCUT2D eigenvalue weighted by Crippen LogP contribution is 2.27. The molecule has 4 rings (SSSR count). The Hall–Kier alpha value is -3.30. The van der Waals surface area contributed by atoms with E-state index in [1.807, 2.05) is 35.2 Å². The van der Waals surface area contributed by atoms with Gasteiger partial charge in [-0.3, -0.25) is 14.5 Å². The lowest BCUT2D eigenvalue weighted by molar-refractivity contribution is -0.118. The van der Waals surface area contributed by atoms with Gasteiger partial charge in [-0.05, 0) is 0 Å². The largest absolute Gasteiger partial charge is 0.379 e. The Balaban J connectivity index is 1.63. The predicted molar refractivity (Wildman–Crippen MR) is 104 cm³/mol. The maximum atomic E-state index is 12.5. The van der Waals surface area contributed by atoms with E-state index in [0.29, 0.717) is 48.8 Å². The smallest absolute Gasteiger partial charge is 0.267 e. The van der Waals surface area contributed by atoms with E-state index in [9.17, 15) is 9.59 Å². The van der Waals surface area contributed by atoms with E-state index in [4.69, 9.17) is 10.5 Å². The first-order valence-corrected chi connectivity index (χ1v) is 8.95. The number of carbonyl (C=O) groups is 2. The van der Waals surface area contributed by atoms with E-state index in [1.54, 1.807) is 6.20 Å². The third-order valence-electron chi connectivity index (χ3n) is 4.57. The summed E-state index contributed by atoms with van der Waals surface area (Å²) in [4.78, 5) is 38.1. The molecule has 0 atom stereocenters. The molecule has 0 saturated carbocycles. The summed E-state index contributed by atoms with van der Waals surface area (Å²) in [5.41, 5.74) is 7.18. The van der Waals surface area contributed by atoms with Crippen molar-refractivity contribution in [2.24, 2.45) is 5.73 Å². The second-order valence-electron chi connectivity index (χ2n) is 6.50. The van der Waals surface area contributed by atoms with Gasteiger partial charge in [0.05, 0.1) is 30.8 Å². The van der Waals surface area contributed by atoms with Gasteiger partial charge in [-0.2, -0.15) is 0 Å². The van der Waals surface area contributed by atoms with Crippen LogP contribution in [0.5, 0.6) is 0 Å². The molecule has 1 aliphatic heterocycles. The van der Waals surface area contributed by atoms with E-state index in [0.717, 1.165) is 5.56 Å². The second-order valence-corrected chi connectivity index (χ2v) is 6.50. The van der Waals surface area contributed by atoms with Gasteiger partial charge < -0.3 is 20.8 Å². The van der Waals surface area contributed by atoms with E-state index in [1.165, 1.54) is 0 Å². The quantitative estimate of drug-likeness (QED) is 0.606. The number of H-pyrrole nitrogens is 1. The van der Waals surface area contributed by atoms with Gasteiger partial charge >= 0.3 is 0 Å². The molecular formula is C19H20N6O3. The van der Waals surface area contributed by atoms with Crippen molar-refractivity contribution < 1.29 is 14.3 Å². The SMILES string of the molecule is NC(=O)c1[nH]c2nc(-c3ccccc3)ncc2c1NC(=O)CN1CCOCC1. The van der Waals surface area contributed by atoms with Crippen LogP contribution < -0.4 is 11.1 Å². The maximum absolute atomic E-state index is 12.5. The molecular weight excluding hydrogens is 360 g/mol. The maximum Gasteiger partial charge on any atom is 0.267 e. The first-order chi connectivity index (χ1) is 13.6. The van der Waals surface area contributed by atoms with E-state index >= 15 is 0 Å². The zero-order valence-electron chi connectivity index (χ0n) is 15.1. The van der Waals surface area contributed by atoms with E-state index in [2.05, 4.69) is 20.3 Å². The molecule has 0 radical (unpaired) electrons. The van der Waals surface area contributed by atoms with Gasteiger partial charge in [-0.25, -0.2) is 9.97 Å². The van der Waals surface area contributed by atoms with Crippen LogP contribution in [0.15, 0.2) is 36.5 Å². The van der Waals surface area contributed by atoms with Crippen molar-refractivity contribution in [3.05, 3.63) is 42.2 Å². The molecule has 3 aromatic rings. The fourth-order valence-electron chi connectivity index (χ4n) is 3.16. The van der Waals surface area contributed by atoms with Gasteiger partial charge in [-0.15, -0.1) is 0 Å². The summed E-state index contributed by atoms with van der Waals surface area (Å²) in [6.07, 6.45) is 1.58. The average molecular weight is 380 g/mol. The molecule has 1 fully saturated rings. The number of nitrogens with one attached hydrogen (secondary N) is 2. The topological polar surface area (TPSA) is 126 Å². The van der Waals surface area contributed by atoms with Crippen LogP contribution in [0.3, 0.4) is 0 Å². The first-order valence-electron chi connectivity index (χ1n) is 8.95. The molecule has 9 nitrogen and oxygen atoms in total. The van der Waals surface area contributed by atoms with Crippen LogP contribution in [-0.4, -0.2) is 64.5 Å². The van der Waals surface area contributed by atoms with Gasteiger partial charge in [-0.1, -0.05) is 30.3 Å². The number of fused-ring (bicyclic) bond motifs is 1. The van der Waals surface area contributed by atoms with Gasteiger partial charge in [0.15, 0.2) is 5.82 Å². The summed E-state index contributed by atoms with van der Waals surface area (Å²) in [5.74, 6) is -0.407. The lowest BCUT2D eigenvalue weighted by Gasteiger charge is -2.25. The molecule has 4 N–H and O–H groups in total. The number of hydrogen-bond donors (Lipinski definition) is 3. The number of aromatic nitrogens is 3. The molecule has 2 aromatic heterocycles. The third-order valence-corrected chi connectivity index (χ3v) is 4.57. The summed E-state index contributed by atoms with van der Waals surface area (Å²) >= 11 is 0. The molecule has 3 heterocycles. The summed E-state index contributed by atoms with van der Waals surface area (Å²) in [6.45, 7) is 2.78. The van der Waals surface area contributed by atoms with Crippen LogP contribution in [0.25, 0.3) is 22.4 Å². The molecule has 0 bridgehead atoms. The molecule has 0 spiro atoms. The van der Waals surface area contributed by atoms with Gasteiger partial charge in [0.1, 0.15) is 11.3 Å². The molecule has 0 aliphatic carbocycles. The molecule has 1 aliphatic rings. The lowest BCUT2D eigenvalue weighted by Crippen LogP contribution is -2.41. The second kappa shape index (κ2) is 7.75. The minimum absolute atomic E-state index is 0.102. The zero-order valence-corrected chi connectivity index (χ0v) is 15.1. The Morgan fingerprint density at radius 2 is 1.96 bits per heavy atom. The van der Waals surface area contributed by atoms with Crippen molar-refractivity contribution in [1.29, 1.82) is 0 Å². The minimum atomic E-state index is -0.680. The van der Waals surface area contributed by atoms with Crippen molar-refractivity contribution in [1.82, 2.24) is 19.9 Å². The van der Waals surface area contributed by atoms with E-state index in [-0.39, 0.29) is 18.1 Å². The van der Waals surface area contributed by atoms with Crippen LogP contribution in [0.1, 0.15) is 10.5 Å². The Morgan fingerprint density at radius 3 is 2.68 bits per heavy atom. The number of aromatic amines is 1. The summed E-state index contributed by atoms with van der Waals surface area (Å²) in [5, 5.41) is 3.32. The van der Waals surface area contributed by atoms with Crippen LogP contribution in [0, 0.1) is 0 Å². The highest BCUT2D eigenvalue weighted by atomic mass is 16.5. The van der Waals surface area contributed by atoms with Gasteiger partial charge in [0.25, 0.3) is 5.91 Å². The Labute approximate surface area is 160 Å². The number of nitrogens with two attached hydrogens (primary N) is 1. The number of morpholine rings is 1. The molecule has 2 amide bonds. The Morgan fingerprint density at radius 1 is 1.21 bits per heavy atom. The highest BCUT2D eigenvalue weighted by molar-refractivity contribution is 6.11. The van der Waals surface area contributed by atoms with Crippen molar-refractivity contribution in [2.45, 2.75) is 0 Å². The number of nitrogens with zero attached hydrogens (tertiary/aromatic N) is 3. The lowest BCUT2D eigenvalue weighted by atomic mass is 10.2. The van der Waals surface area contributed by atoms with Crippen molar-refractivity contribution in [3.8, 4) is 11.4 Å². The number of benzene rings is 1. The molecule has 1 saturated heterocycles. The van der Waals surface area contributed by atoms with Crippen LogP contribution in [0.4, 0.5) is 5.69 Å². The van der Waals surface area contributed by atoms with Crippen molar-refractivity contribution >= 4 is 28.5 Å². The number of hydrogen-bond acceptors (Lipinski definition) is 6. The van der Waals surface area contributed by atoms with Crippen LogP contribution >= 0.6 is 0 Å². The molecule has 1 aromatic carbocycles. The minimum Gasteiger partial charge on any atom is -0.379 e. The number of primary amides is 1. The normalized spacial score (nSPS) is 14.9. The number of rotatable bonds is 5. The zero-order chi connectivity index (χ0) is 19.5. The molecule has 144 valence electrons.